The Labute approximate surface area is 222 Å². The van der Waals surface area contributed by atoms with Crippen LogP contribution in [0.2, 0.25) is 0 Å². The van der Waals surface area contributed by atoms with Crippen LogP contribution in [0.25, 0.3) is 0 Å². The quantitative estimate of drug-likeness (QED) is 0.497. The minimum Gasteiger partial charge on any atom is -0.343 e. The molecule has 5 rings (SSSR count). The molecule has 3 aliphatic rings. The zero-order valence-corrected chi connectivity index (χ0v) is 22.9. The molecule has 2 saturated heterocycles. The second-order valence-corrected chi connectivity index (χ2v) is 12.0. The first-order chi connectivity index (χ1) is 17.9. The van der Waals surface area contributed by atoms with Crippen LogP contribution in [-0.2, 0) is 24.1 Å². The maximum Gasteiger partial charge on any atom is 0.321 e. The molecule has 0 bridgehead atoms. The van der Waals surface area contributed by atoms with Crippen molar-refractivity contribution >= 4 is 17.6 Å². The number of amides is 3. The standard InChI is InChI=1S/C32H43N3O2/c1-4-8-25-11-7-12-28(23(2)3)30(25)33-31(37)35-18-15-32(22-35)13-16-34(17-14-32)29(36)21-24-19-26-9-5-6-10-27(26)20-24/h5-7,9-12,23-24H,4,8,13-22H2,1-3H3,(H,33,37). The topological polar surface area (TPSA) is 52.7 Å². The highest BCUT2D eigenvalue weighted by Gasteiger charge is 2.43. The number of aryl methyl sites for hydroxylation is 1. The number of para-hydroxylation sites is 1. The molecule has 3 amide bonds. The van der Waals surface area contributed by atoms with Crippen LogP contribution in [0.1, 0.15) is 81.0 Å². The lowest BCUT2D eigenvalue weighted by molar-refractivity contribution is -0.134. The van der Waals surface area contributed by atoms with Crippen LogP contribution in [-0.4, -0.2) is 47.9 Å². The molecule has 0 saturated carbocycles. The van der Waals surface area contributed by atoms with E-state index in [0.29, 0.717) is 24.2 Å². The number of benzene rings is 2. The van der Waals surface area contributed by atoms with Crippen LogP contribution in [0.3, 0.4) is 0 Å². The Morgan fingerprint density at radius 2 is 1.59 bits per heavy atom. The summed E-state index contributed by atoms with van der Waals surface area (Å²) in [6, 6.07) is 15.0. The summed E-state index contributed by atoms with van der Waals surface area (Å²) in [5, 5.41) is 3.31. The van der Waals surface area contributed by atoms with E-state index in [0.717, 1.165) is 76.8 Å². The molecule has 2 heterocycles. The zero-order chi connectivity index (χ0) is 26.0. The van der Waals surface area contributed by atoms with Crippen molar-refractivity contribution in [3.8, 4) is 0 Å². The first-order valence-electron chi connectivity index (χ1n) is 14.4. The third kappa shape index (κ3) is 5.56. The number of hydrogen-bond acceptors (Lipinski definition) is 2. The Kier molecular flexibility index (Phi) is 7.60. The van der Waals surface area contributed by atoms with E-state index in [-0.39, 0.29) is 11.4 Å². The van der Waals surface area contributed by atoms with Crippen molar-refractivity contribution < 1.29 is 9.59 Å². The predicted molar refractivity (Wildman–Crippen MR) is 150 cm³/mol. The van der Waals surface area contributed by atoms with Crippen molar-refractivity contribution in [1.29, 1.82) is 0 Å². The minimum atomic E-state index is 0.0293. The number of nitrogens with one attached hydrogen (secondary N) is 1. The van der Waals surface area contributed by atoms with Crippen molar-refractivity contribution in [2.75, 3.05) is 31.5 Å². The Morgan fingerprint density at radius 1 is 0.946 bits per heavy atom. The third-order valence-corrected chi connectivity index (χ3v) is 9.06. The van der Waals surface area contributed by atoms with Gasteiger partial charge in [0.1, 0.15) is 0 Å². The van der Waals surface area contributed by atoms with Crippen molar-refractivity contribution in [3.05, 3.63) is 64.7 Å². The van der Waals surface area contributed by atoms with Crippen molar-refractivity contribution in [3.63, 3.8) is 0 Å². The van der Waals surface area contributed by atoms with Gasteiger partial charge in [-0.2, -0.15) is 0 Å². The molecule has 1 N–H and O–H groups in total. The SMILES string of the molecule is CCCc1cccc(C(C)C)c1NC(=O)N1CCC2(CCN(C(=O)CC3Cc4ccccc4C3)CC2)C1. The van der Waals surface area contributed by atoms with Crippen LogP contribution in [0.15, 0.2) is 42.5 Å². The largest absolute Gasteiger partial charge is 0.343 e. The lowest BCUT2D eigenvalue weighted by atomic mass is 9.77. The number of rotatable bonds is 6. The van der Waals surface area contributed by atoms with Gasteiger partial charge in [-0.05, 0) is 78.0 Å². The van der Waals surface area contributed by atoms with Gasteiger partial charge in [0, 0.05) is 38.3 Å². The summed E-state index contributed by atoms with van der Waals surface area (Å²) in [6.07, 6.45) is 7.78. The second-order valence-electron chi connectivity index (χ2n) is 12.0. The molecule has 1 spiro atoms. The number of carbonyl (C=O) groups excluding carboxylic acids is 2. The monoisotopic (exact) mass is 501 g/mol. The molecule has 0 unspecified atom stereocenters. The summed E-state index contributed by atoms with van der Waals surface area (Å²) < 4.78 is 0. The van der Waals surface area contributed by atoms with Crippen LogP contribution >= 0.6 is 0 Å². The average molecular weight is 502 g/mol. The molecule has 2 aliphatic heterocycles. The molecular weight excluding hydrogens is 458 g/mol. The predicted octanol–water partition coefficient (Wildman–Crippen LogP) is 6.41. The summed E-state index contributed by atoms with van der Waals surface area (Å²) in [7, 11) is 0. The first kappa shape index (κ1) is 25.8. The van der Waals surface area contributed by atoms with Crippen molar-refractivity contribution in [2.45, 2.75) is 78.1 Å². The van der Waals surface area contributed by atoms with E-state index in [1.807, 2.05) is 4.90 Å². The maximum atomic E-state index is 13.4. The van der Waals surface area contributed by atoms with Gasteiger partial charge >= 0.3 is 6.03 Å². The van der Waals surface area contributed by atoms with Crippen molar-refractivity contribution in [2.24, 2.45) is 11.3 Å². The van der Waals surface area contributed by atoms with E-state index in [2.05, 4.69) is 73.5 Å². The fraction of sp³-hybridized carbons (Fsp3) is 0.562. The van der Waals surface area contributed by atoms with Crippen LogP contribution in [0.4, 0.5) is 10.5 Å². The maximum absolute atomic E-state index is 13.4. The Bertz CT molecular complexity index is 1110. The van der Waals surface area contributed by atoms with Gasteiger partial charge in [0.15, 0.2) is 0 Å². The number of likely N-dealkylation sites (tertiary alicyclic amines) is 2. The van der Waals surface area contributed by atoms with Crippen LogP contribution < -0.4 is 5.32 Å². The van der Waals surface area contributed by atoms with E-state index in [4.69, 9.17) is 0 Å². The summed E-state index contributed by atoms with van der Waals surface area (Å²) in [4.78, 5) is 30.6. The first-order valence-corrected chi connectivity index (χ1v) is 14.4. The van der Waals surface area contributed by atoms with Gasteiger partial charge in [0.05, 0.1) is 0 Å². The van der Waals surface area contributed by atoms with Gasteiger partial charge in [-0.15, -0.1) is 0 Å². The second kappa shape index (κ2) is 10.9. The van der Waals surface area contributed by atoms with Gasteiger partial charge < -0.3 is 15.1 Å². The summed E-state index contributed by atoms with van der Waals surface area (Å²) >= 11 is 0. The molecule has 1 aliphatic carbocycles. The molecule has 2 aromatic carbocycles. The smallest absolute Gasteiger partial charge is 0.321 e. The molecule has 5 heteroatoms. The molecule has 5 nitrogen and oxygen atoms in total. The van der Waals surface area contributed by atoms with Gasteiger partial charge in [0.25, 0.3) is 0 Å². The molecule has 2 aromatic rings. The number of urea groups is 1. The molecule has 37 heavy (non-hydrogen) atoms. The molecule has 0 aromatic heterocycles. The van der Waals surface area contributed by atoms with E-state index < -0.39 is 0 Å². The number of nitrogens with zero attached hydrogens (tertiary/aromatic N) is 2. The van der Waals surface area contributed by atoms with Gasteiger partial charge in [-0.25, -0.2) is 4.79 Å². The number of carbonyl (C=O) groups is 2. The molecular formula is C32H43N3O2. The number of fused-ring (bicyclic) bond motifs is 1. The van der Waals surface area contributed by atoms with E-state index in [1.54, 1.807) is 0 Å². The highest BCUT2D eigenvalue weighted by Crippen LogP contribution is 2.41. The summed E-state index contributed by atoms with van der Waals surface area (Å²) in [5.41, 5.74) is 6.44. The van der Waals surface area contributed by atoms with E-state index in [1.165, 1.54) is 22.3 Å². The van der Waals surface area contributed by atoms with E-state index in [9.17, 15) is 9.59 Å². The van der Waals surface area contributed by atoms with Gasteiger partial charge in [-0.3, -0.25) is 4.79 Å². The lowest BCUT2D eigenvalue weighted by Crippen LogP contribution is -2.45. The lowest BCUT2D eigenvalue weighted by Gasteiger charge is -2.39. The third-order valence-electron chi connectivity index (χ3n) is 9.06. The van der Waals surface area contributed by atoms with E-state index >= 15 is 0 Å². The molecule has 198 valence electrons. The van der Waals surface area contributed by atoms with Gasteiger partial charge in [-0.1, -0.05) is 69.7 Å². The highest BCUT2D eigenvalue weighted by molar-refractivity contribution is 5.91. The highest BCUT2D eigenvalue weighted by atomic mass is 16.2. The number of anilines is 1. The molecule has 0 atom stereocenters. The van der Waals surface area contributed by atoms with Crippen LogP contribution in [0.5, 0.6) is 0 Å². The molecule has 2 fully saturated rings. The Morgan fingerprint density at radius 3 is 2.22 bits per heavy atom. The average Bonchev–Trinajstić information content (AvgIpc) is 3.49. The number of hydrogen-bond donors (Lipinski definition) is 1. The van der Waals surface area contributed by atoms with Gasteiger partial charge in [0.2, 0.25) is 5.91 Å². The normalized spacial score (nSPS) is 19.0. The fourth-order valence-corrected chi connectivity index (χ4v) is 6.83. The number of piperidine rings is 1. The Hall–Kier alpha value is -2.82. The zero-order valence-electron chi connectivity index (χ0n) is 22.9. The summed E-state index contributed by atoms with van der Waals surface area (Å²) in [6.45, 7) is 9.80. The molecule has 0 radical (unpaired) electrons. The van der Waals surface area contributed by atoms with Crippen LogP contribution in [0, 0.1) is 11.3 Å². The fourth-order valence-electron chi connectivity index (χ4n) is 6.83. The minimum absolute atomic E-state index is 0.0293. The summed E-state index contributed by atoms with van der Waals surface area (Å²) in [5.74, 6) is 1.11. The van der Waals surface area contributed by atoms with Crippen molar-refractivity contribution in [1.82, 2.24) is 9.80 Å². The Balaban J connectivity index is 1.15.